The van der Waals surface area contributed by atoms with Crippen LogP contribution in [0, 0.1) is 0 Å². The van der Waals surface area contributed by atoms with Crippen LogP contribution >= 0.6 is 0 Å². The number of rotatable bonds is 7. The van der Waals surface area contributed by atoms with Crippen LogP contribution in [0.1, 0.15) is 37.4 Å². The topological polar surface area (TPSA) is 86.7 Å². The molecular weight excluding hydrogens is 386 g/mol. The fourth-order valence-corrected chi connectivity index (χ4v) is 5.04. The molecule has 0 bridgehead atoms. The largest absolute Gasteiger partial charge is 0.357 e. The van der Waals surface area contributed by atoms with E-state index < -0.39 is 10.0 Å². The van der Waals surface area contributed by atoms with Crippen molar-refractivity contribution in [2.45, 2.75) is 44.2 Å². The summed E-state index contributed by atoms with van der Waals surface area (Å²) in [5.41, 5.74) is 1.61. The molecule has 7 nitrogen and oxygen atoms in total. The Morgan fingerprint density at radius 1 is 1.07 bits per heavy atom. The number of aromatic nitrogens is 1. The Bertz CT molecular complexity index is 910. The van der Waals surface area contributed by atoms with Crippen molar-refractivity contribution in [3.8, 4) is 0 Å². The highest BCUT2D eigenvalue weighted by molar-refractivity contribution is 7.89. The van der Waals surface area contributed by atoms with E-state index in [9.17, 15) is 8.42 Å². The van der Waals surface area contributed by atoms with Crippen molar-refractivity contribution in [3.05, 3.63) is 59.9 Å². The van der Waals surface area contributed by atoms with Crippen LogP contribution in [-0.4, -0.2) is 43.3 Å². The minimum Gasteiger partial charge on any atom is -0.357 e. The van der Waals surface area contributed by atoms with Gasteiger partial charge in [-0.3, -0.25) is 4.98 Å². The number of benzene rings is 1. The number of nitrogens with one attached hydrogen (secondary N) is 2. The molecule has 2 heterocycles. The van der Waals surface area contributed by atoms with Gasteiger partial charge in [0.2, 0.25) is 10.0 Å². The van der Waals surface area contributed by atoms with Gasteiger partial charge in [-0.05, 0) is 43.5 Å². The summed E-state index contributed by atoms with van der Waals surface area (Å²) in [6.45, 7) is 4.71. The summed E-state index contributed by atoms with van der Waals surface area (Å²) in [5.74, 6) is 0.628. The first-order chi connectivity index (χ1) is 14.1. The molecule has 0 radical (unpaired) electrons. The number of hydrogen-bond donors (Lipinski definition) is 2. The molecule has 3 rings (SSSR count). The third kappa shape index (κ3) is 5.77. The predicted molar refractivity (Wildman–Crippen MR) is 115 cm³/mol. The predicted octanol–water partition coefficient (Wildman–Crippen LogP) is 2.51. The lowest BCUT2D eigenvalue weighted by Crippen LogP contribution is -2.37. The highest BCUT2D eigenvalue weighted by Crippen LogP contribution is 2.24. The molecule has 1 saturated heterocycles. The van der Waals surface area contributed by atoms with Crippen molar-refractivity contribution in [1.29, 1.82) is 0 Å². The monoisotopic (exact) mass is 415 g/mol. The molecule has 8 heteroatoms. The normalized spacial score (nSPS) is 15.8. The van der Waals surface area contributed by atoms with Gasteiger partial charge in [0, 0.05) is 25.8 Å². The summed E-state index contributed by atoms with van der Waals surface area (Å²) in [6, 6.07) is 12.9. The number of guanidine groups is 1. The van der Waals surface area contributed by atoms with E-state index in [1.54, 1.807) is 22.6 Å². The molecule has 0 unspecified atom stereocenters. The van der Waals surface area contributed by atoms with Crippen LogP contribution < -0.4 is 10.6 Å². The van der Waals surface area contributed by atoms with Crippen LogP contribution in [0.3, 0.4) is 0 Å². The molecule has 29 heavy (non-hydrogen) atoms. The number of hydrogen-bond acceptors (Lipinski definition) is 4. The molecule has 0 spiro atoms. The second kappa shape index (κ2) is 10.4. The summed E-state index contributed by atoms with van der Waals surface area (Å²) in [5, 5.41) is 6.44. The van der Waals surface area contributed by atoms with Crippen molar-refractivity contribution in [2.24, 2.45) is 4.99 Å². The van der Waals surface area contributed by atoms with Gasteiger partial charge in [-0.15, -0.1) is 0 Å². The summed E-state index contributed by atoms with van der Waals surface area (Å²) in [6.07, 6.45) is 4.68. The Morgan fingerprint density at radius 2 is 1.83 bits per heavy atom. The van der Waals surface area contributed by atoms with E-state index in [0.29, 0.717) is 42.6 Å². The van der Waals surface area contributed by atoms with E-state index in [1.807, 2.05) is 37.3 Å². The van der Waals surface area contributed by atoms with E-state index in [2.05, 4.69) is 20.6 Å². The van der Waals surface area contributed by atoms with Crippen LogP contribution in [0.2, 0.25) is 0 Å². The molecule has 1 fully saturated rings. The summed E-state index contributed by atoms with van der Waals surface area (Å²) >= 11 is 0. The lowest BCUT2D eigenvalue weighted by Gasteiger charge is -2.26. The van der Waals surface area contributed by atoms with E-state index in [1.165, 1.54) is 0 Å². The molecule has 1 aromatic carbocycles. The Balaban J connectivity index is 1.75. The molecule has 0 atom stereocenters. The lowest BCUT2D eigenvalue weighted by atomic mass is 10.2. The van der Waals surface area contributed by atoms with Gasteiger partial charge in [0.1, 0.15) is 0 Å². The number of sulfonamides is 1. The molecule has 1 aromatic heterocycles. The fourth-order valence-electron chi connectivity index (χ4n) is 3.31. The molecule has 2 aromatic rings. The highest BCUT2D eigenvalue weighted by Gasteiger charge is 2.27. The maximum absolute atomic E-state index is 13.1. The third-order valence-electron chi connectivity index (χ3n) is 4.82. The summed E-state index contributed by atoms with van der Waals surface area (Å²) < 4.78 is 27.9. The minimum absolute atomic E-state index is 0.279. The highest BCUT2D eigenvalue weighted by atomic mass is 32.2. The standard InChI is InChI=1S/C21H29N5O2S/c1-2-22-21(25-17-19-11-6-7-13-23-19)24-16-18-10-4-5-12-20(18)29(27,28)26-14-8-3-9-15-26/h4-7,10-13H,2-3,8-9,14-17H2,1H3,(H2,22,24,25). The summed E-state index contributed by atoms with van der Waals surface area (Å²) in [4.78, 5) is 9.25. The van der Waals surface area contributed by atoms with Crippen LogP contribution in [0.15, 0.2) is 58.5 Å². The first-order valence-electron chi connectivity index (χ1n) is 10.1. The van der Waals surface area contributed by atoms with E-state index in [-0.39, 0.29) is 6.54 Å². The molecule has 156 valence electrons. The van der Waals surface area contributed by atoms with Crippen LogP contribution in [0.5, 0.6) is 0 Å². The fraction of sp³-hybridized carbons (Fsp3) is 0.429. The average molecular weight is 416 g/mol. The van der Waals surface area contributed by atoms with Crippen molar-refractivity contribution >= 4 is 16.0 Å². The second-order valence-corrected chi connectivity index (χ2v) is 8.85. The average Bonchev–Trinajstić information content (AvgIpc) is 2.77. The van der Waals surface area contributed by atoms with Crippen molar-refractivity contribution in [2.75, 3.05) is 19.6 Å². The van der Waals surface area contributed by atoms with Crippen molar-refractivity contribution in [3.63, 3.8) is 0 Å². The maximum Gasteiger partial charge on any atom is 0.243 e. The second-order valence-electron chi connectivity index (χ2n) is 6.94. The molecule has 2 N–H and O–H groups in total. The molecule has 1 aliphatic heterocycles. The SMILES string of the molecule is CCNC(=NCc1ccccc1S(=O)(=O)N1CCCCC1)NCc1ccccn1. The first kappa shape index (κ1) is 21.3. The number of piperidine rings is 1. The van der Waals surface area contributed by atoms with E-state index >= 15 is 0 Å². The lowest BCUT2D eigenvalue weighted by molar-refractivity contribution is 0.346. The van der Waals surface area contributed by atoms with Gasteiger partial charge in [-0.2, -0.15) is 4.31 Å². The van der Waals surface area contributed by atoms with Crippen LogP contribution in [-0.2, 0) is 23.1 Å². The van der Waals surface area contributed by atoms with Crippen LogP contribution in [0.25, 0.3) is 0 Å². The molecule has 0 amide bonds. The van der Waals surface area contributed by atoms with Gasteiger partial charge < -0.3 is 10.6 Å². The van der Waals surface area contributed by atoms with Gasteiger partial charge in [0.05, 0.1) is 23.7 Å². The van der Waals surface area contributed by atoms with Gasteiger partial charge in [-0.25, -0.2) is 13.4 Å². The first-order valence-corrected chi connectivity index (χ1v) is 11.6. The van der Waals surface area contributed by atoms with Crippen molar-refractivity contribution < 1.29 is 8.42 Å². The molecule has 0 saturated carbocycles. The molecule has 0 aliphatic carbocycles. The van der Waals surface area contributed by atoms with E-state index in [0.717, 1.165) is 25.0 Å². The zero-order chi connectivity index (χ0) is 20.5. The zero-order valence-electron chi connectivity index (χ0n) is 16.8. The van der Waals surface area contributed by atoms with Crippen molar-refractivity contribution in [1.82, 2.24) is 19.9 Å². The van der Waals surface area contributed by atoms with Gasteiger partial charge in [0.25, 0.3) is 0 Å². The zero-order valence-corrected chi connectivity index (χ0v) is 17.7. The maximum atomic E-state index is 13.1. The Labute approximate surface area is 173 Å². The quantitative estimate of drug-likeness (QED) is 0.536. The smallest absolute Gasteiger partial charge is 0.243 e. The minimum atomic E-state index is -3.49. The number of aliphatic imine (C=N–C) groups is 1. The third-order valence-corrected chi connectivity index (χ3v) is 6.82. The Morgan fingerprint density at radius 3 is 2.55 bits per heavy atom. The number of pyridine rings is 1. The molecule has 1 aliphatic rings. The van der Waals surface area contributed by atoms with Crippen LogP contribution in [0.4, 0.5) is 0 Å². The number of nitrogens with zero attached hydrogens (tertiary/aromatic N) is 3. The Kier molecular flexibility index (Phi) is 7.60. The van der Waals surface area contributed by atoms with Gasteiger partial charge >= 0.3 is 0 Å². The van der Waals surface area contributed by atoms with Gasteiger partial charge in [0.15, 0.2) is 5.96 Å². The van der Waals surface area contributed by atoms with E-state index in [4.69, 9.17) is 0 Å². The Hall–Kier alpha value is -2.45. The molecular formula is C21H29N5O2S. The van der Waals surface area contributed by atoms with Gasteiger partial charge in [-0.1, -0.05) is 30.7 Å². The summed E-state index contributed by atoms with van der Waals surface area (Å²) in [7, 11) is -3.49.